The van der Waals surface area contributed by atoms with Crippen LogP contribution in [0.4, 0.5) is 0 Å². The number of H-pyrrole nitrogens is 1. The monoisotopic (exact) mass is 361 g/mol. The highest BCUT2D eigenvalue weighted by atomic mass is 32.2. The minimum atomic E-state index is -0.140. The molecule has 3 rings (SSSR count). The van der Waals surface area contributed by atoms with Gasteiger partial charge in [-0.1, -0.05) is 24.8 Å². The Morgan fingerprint density at radius 1 is 1.36 bits per heavy atom. The number of rotatable bonds is 6. The van der Waals surface area contributed by atoms with Crippen LogP contribution in [-0.2, 0) is 17.8 Å². The van der Waals surface area contributed by atoms with Gasteiger partial charge in [0.2, 0.25) is 12.7 Å². The molecular formula is C17H19N3O4S. The van der Waals surface area contributed by atoms with Gasteiger partial charge in [-0.2, -0.15) is 0 Å². The van der Waals surface area contributed by atoms with E-state index in [4.69, 9.17) is 9.47 Å². The van der Waals surface area contributed by atoms with Crippen molar-refractivity contribution in [1.82, 2.24) is 15.3 Å². The summed E-state index contributed by atoms with van der Waals surface area (Å²) in [6.45, 7) is 4.34. The molecule has 0 radical (unpaired) electrons. The van der Waals surface area contributed by atoms with Gasteiger partial charge in [-0.3, -0.25) is 9.59 Å². The number of nitrogens with zero attached hydrogens (tertiary/aromatic N) is 1. The summed E-state index contributed by atoms with van der Waals surface area (Å²) >= 11 is 1.21. The van der Waals surface area contributed by atoms with Crippen LogP contribution in [-0.4, -0.2) is 28.4 Å². The third kappa shape index (κ3) is 4.14. The molecule has 2 aromatic rings. The van der Waals surface area contributed by atoms with E-state index in [1.54, 1.807) is 6.92 Å². The molecule has 2 heterocycles. The van der Waals surface area contributed by atoms with Crippen LogP contribution < -0.4 is 20.3 Å². The van der Waals surface area contributed by atoms with Gasteiger partial charge in [-0.15, -0.1) is 0 Å². The number of aromatic amines is 1. The van der Waals surface area contributed by atoms with E-state index in [-0.39, 0.29) is 24.0 Å². The number of carbonyl (C=O) groups is 1. The van der Waals surface area contributed by atoms with Gasteiger partial charge in [0, 0.05) is 17.8 Å². The van der Waals surface area contributed by atoms with Crippen molar-refractivity contribution in [2.75, 3.05) is 12.5 Å². The average molecular weight is 361 g/mol. The Balaban J connectivity index is 1.52. The molecule has 132 valence electrons. The van der Waals surface area contributed by atoms with Crippen LogP contribution >= 0.6 is 11.8 Å². The summed E-state index contributed by atoms with van der Waals surface area (Å²) in [4.78, 5) is 31.0. The van der Waals surface area contributed by atoms with Crippen molar-refractivity contribution in [2.24, 2.45) is 0 Å². The molecule has 0 saturated heterocycles. The fourth-order valence-corrected chi connectivity index (χ4v) is 3.24. The highest BCUT2D eigenvalue weighted by Crippen LogP contribution is 2.32. The van der Waals surface area contributed by atoms with Gasteiger partial charge in [-0.05, 0) is 31.0 Å². The van der Waals surface area contributed by atoms with E-state index in [0.717, 1.165) is 5.56 Å². The predicted octanol–water partition coefficient (Wildman–Crippen LogP) is 1.78. The minimum absolute atomic E-state index is 0.137. The van der Waals surface area contributed by atoms with Gasteiger partial charge in [-0.25, -0.2) is 4.98 Å². The van der Waals surface area contributed by atoms with Crippen molar-refractivity contribution in [2.45, 2.75) is 32.0 Å². The molecule has 0 spiro atoms. The fourth-order valence-electron chi connectivity index (χ4n) is 2.51. The van der Waals surface area contributed by atoms with Crippen molar-refractivity contribution in [1.29, 1.82) is 0 Å². The molecule has 2 N–H and O–H groups in total. The van der Waals surface area contributed by atoms with Gasteiger partial charge in [0.25, 0.3) is 5.56 Å². The lowest BCUT2D eigenvalue weighted by Gasteiger charge is -2.07. The van der Waals surface area contributed by atoms with Gasteiger partial charge in [0.15, 0.2) is 16.7 Å². The topological polar surface area (TPSA) is 93.3 Å². The summed E-state index contributed by atoms with van der Waals surface area (Å²) in [7, 11) is 0. The first kappa shape index (κ1) is 17.3. The second-order valence-corrected chi connectivity index (χ2v) is 6.51. The third-order valence-corrected chi connectivity index (χ3v) is 4.69. The third-order valence-electron chi connectivity index (χ3n) is 3.82. The van der Waals surface area contributed by atoms with Crippen LogP contribution in [0, 0.1) is 6.92 Å². The average Bonchev–Trinajstić information content (AvgIpc) is 3.05. The fraction of sp³-hybridized carbons (Fsp3) is 0.353. The van der Waals surface area contributed by atoms with Crippen molar-refractivity contribution < 1.29 is 14.3 Å². The lowest BCUT2D eigenvalue weighted by molar-refractivity contribution is -0.118. The summed E-state index contributed by atoms with van der Waals surface area (Å²) in [5.74, 6) is 1.45. The molecule has 0 saturated carbocycles. The Morgan fingerprint density at radius 2 is 2.16 bits per heavy atom. The smallest absolute Gasteiger partial charge is 0.254 e. The standard InChI is InChI=1S/C17H19N3O4S/c1-3-12-10(2)19-17(20-16(12)22)25-8-15(21)18-7-11-4-5-13-14(6-11)24-9-23-13/h4-6H,3,7-9H2,1-2H3,(H,18,21)(H,19,20,22). The van der Waals surface area contributed by atoms with E-state index in [1.165, 1.54) is 11.8 Å². The molecule has 0 unspecified atom stereocenters. The largest absolute Gasteiger partial charge is 0.454 e. The van der Waals surface area contributed by atoms with E-state index in [0.29, 0.717) is 40.9 Å². The highest BCUT2D eigenvalue weighted by Gasteiger charge is 2.14. The number of aromatic nitrogens is 2. The zero-order valence-electron chi connectivity index (χ0n) is 14.0. The molecule has 0 aliphatic carbocycles. The Bertz CT molecular complexity index is 850. The molecule has 7 nitrogen and oxygen atoms in total. The first-order valence-electron chi connectivity index (χ1n) is 7.94. The SMILES string of the molecule is CCc1c(C)nc(SCC(=O)NCc2ccc3c(c2)OCO3)[nH]c1=O. The van der Waals surface area contributed by atoms with E-state index in [9.17, 15) is 9.59 Å². The molecule has 0 bridgehead atoms. The molecule has 0 atom stereocenters. The number of benzene rings is 1. The molecule has 1 aliphatic rings. The van der Waals surface area contributed by atoms with Crippen molar-refractivity contribution in [3.8, 4) is 11.5 Å². The summed E-state index contributed by atoms with van der Waals surface area (Å²) < 4.78 is 10.6. The quantitative estimate of drug-likeness (QED) is 0.602. The molecule has 25 heavy (non-hydrogen) atoms. The number of ether oxygens (including phenoxy) is 2. The normalized spacial score (nSPS) is 12.2. The van der Waals surface area contributed by atoms with Crippen molar-refractivity contribution in [3.05, 3.63) is 45.4 Å². The van der Waals surface area contributed by atoms with Crippen LogP contribution in [0.3, 0.4) is 0 Å². The second-order valence-electron chi connectivity index (χ2n) is 5.54. The zero-order chi connectivity index (χ0) is 17.8. The van der Waals surface area contributed by atoms with E-state index >= 15 is 0 Å². The number of carbonyl (C=O) groups excluding carboxylic acids is 1. The Morgan fingerprint density at radius 3 is 2.92 bits per heavy atom. The number of hydrogen-bond acceptors (Lipinski definition) is 6. The van der Waals surface area contributed by atoms with E-state index < -0.39 is 0 Å². The van der Waals surface area contributed by atoms with Gasteiger partial charge in [0.1, 0.15) is 0 Å². The number of thioether (sulfide) groups is 1. The molecule has 1 aliphatic heterocycles. The molecule has 0 fully saturated rings. The zero-order valence-corrected chi connectivity index (χ0v) is 14.9. The van der Waals surface area contributed by atoms with Crippen LogP contribution in [0.5, 0.6) is 11.5 Å². The lowest BCUT2D eigenvalue weighted by Crippen LogP contribution is -2.25. The van der Waals surface area contributed by atoms with Gasteiger partial charge < -0.3 is 19.8 Å². The molecular weight excluding hydrogens is 342 g/mol. The molecule has 8 heteroatoms. The van der Waals surface area contributed by atoms with E-state index in [2.05, 4.69) is 15.3 Å². The van der Waals surface area contributed by atoms with Crippen LogP contribution in [0.1, 0.15) is 23.7 Å². The van der Waals surface area contributed by atoms with Crippen LogP contribution in [0.15, 0.2) is 28.2 Å². The Hall–Kier alpha value is -2.48. The second kappa shape index (κ2) is 7.60. The number of fused-ring (bicyclic) bond motifs is 1. The summed E-state index contributed by atoms with van der Waals surface area (Å²) in [6.07, 6.45) is 0.634. The number of nitrogens with one attached hydrogen (secondary N) is 2. The first-order valence-corrected chi connectivity index (χ1v) is 8.93. The summed E-state index contributed by atoms with van der Waals surface area (Å²) in [6, 6.07) is 5.56. The Labute approximate surface area is 149 Å². The maximum absolute atomic E-state index is 12.0. The van der Waals surface area contributed by atoms with E-state index in [1.807, 2.05) is 25.1 Å². The summed E-state index contributed by atoms with van der Waals surface area (Å²) in [5, 5.41) is 3.29. The first-order chi connectivity index (χ1) is 12.1. The minimum Gasteiger partial charge on any atom is -0.454 e. The highest BCUT2D eigenvalue weighted by molar-refractivity contribution is 7.99. The maximum Gasteiger partial charge on any atom is 0.254 e. The van der Waals surface area contributed by atoms with Gasteiger partial charge >= 0.3 is 0 Å². The molecule has 1 amide bonds. The van der Waals surface area contributed by atoms with Crippen LogP contribution in [0.2, 0.25) is 0 Å². The Kier molecular flexibility index (Phi) is 5.28. The van der Waals surface area contributed by atoms with Crippen molar-refractivity contribution in [3.63, 3.8) is 0 Å². The molecule has 1 aromatic carbocycles. The van der Waals surface area contributed by atoms with Crippen molar-refractivity contribution >= 4 is 17.7 Å². The van der Waals surface area contributed by atoms with Crippen LogP contribution in [0.25, 0.3) is 0 Å². The lowest BCUT2D eigenvalue weighted by atomic mass is 10.2. The van der Waals surface area contributed by atoms with Gasteiger partial charge in [0.05, 0.1) is 5.75 Å². The predicted molar refractivity (Wildman–Crippen MR) is 94.1 cm³/mol. The number of hydrogen-bond donors (Lipinski definition) is 2. The number of aryl methyl sites for hydroxylation is 1. The summed E-state index contributed by atoms with van der Waals surface area (Å²) in [5.41, 5.74) is 2.17. The molecule has 1 aromatic heterocycles. The number of amides is 1. The maximum atomic E-state index is 12.0.